The van der Waals surface area contributed by atoms with E-state index in [2.05, 4.69) is 41.4 Å². The zero-order valence-electron chi connectivity index (χ0n) is 14.0. The van der Waals surface area contributed by atoms with Crippen molar-refractivity contribution in [2.45, 2.75) is 13.1 Å². The molecule has 0 aliphatic carbocycles. The third-order valence-electron chi connectivity index (χ3n) is 3.95. The SMILES string of the molecule is OCCn1cc(Nc2ncc3cnn(Cc4cccc(Br)c4F)c3n2)cn1. The van der Waals surface area contributed by atoms with Crippen LogP contribution in [0.2, 0.25) is 0 Å². The van der Waals surface area contributed by atoms with Crippen molar-refractivity contribution >= 4 is 38.6 Å². The fourth-order valence-corrected chi connectivity index (χ4v) is 3.06. The summed E-state index contributed by atoms with van der Waals surface area (Å²) in [5, 5.41) is 21.2. The topological polar surface area (TPSA) is 93.7 Å². The number of aliphatic hydroxyl groups is 1. The second kappa shape index (κ2) is 7.41. The Morgan fingerprint density at radius 1 is 1.19 bits per heavy atom. The second-order valence-corrected chi connectivity index (χ2v) is 6.68. The molecule has 8 nitrogen and oxygen atoms in total. The third kappa shape index (κ3) is 3.67. The molecule has 3 heterocycles. The van der Waals surface area contributed by atoms with Crippen molar-refractivity contribution in [1.29, 1.82) is 0 Å². The van der Waals surface area contributed by atoms with E-state index in [1.807, 2.05) is 0 Å². The Morgan fingerprint density at radius 2 is 2.07 bits per heavy atom. The van der Waals surface area contributed by atoms with E-state index in [0.29, 0.717) is 33.9 Å². The first-order chi connectivity index (χ1) is 13.1. The molecular weight excluding hydrogens is 417 g/mol. The lowest BCUT2D eigenvalue weighted by Gasteiger charge is -2.07. The van der Waals surface area contributed by atoms with Crippen molar-refractivity contribution in [1.82, 2.24) is 29.5 Å². The highest BCUT2D eigenvalue weighted by Crippen LogP contribution is 2.21. The Labute approximate surface area is 161 Å². The number of aliphatic hydroxyl groups excluding tert-OH is 1. The van der Waals surface area contributed by atoms with Gasteiger partial charge in [-0.3, -0.25) is 4.68 Å². The van der Waals surface area contributed by atoms with Crippen LogP contribution in [0.25, 0.3) is 11.0 Å². The molecule has 0 bridgehead atoms. The summed E-state index contributed by atoms with van der Waals surface area (Å²) in [5.41, 5.74) is 1.80. The summed E-state index contributed by atoms with van der Waals surface area (Å²) in [7, 11) is 0. The lowest BCUT2D eigenvalue weighted by Crippen LogP contribution is -2.06. The van der Waals surface area contributed by atoms with Gasteiger partial charge in [-0.05, 0) is 22.0 Å². The molecule has 0 saturated carbocycles. The molecule has 4 aromatic rings. The number of rotatable bonds is 6. The molecule has 27 heavy (non-hydrogen) atoms. The Balaban J connectivity index is 1.61. The number of aromatic nitrogens is 6. The average molecular weight is 432 g/mol. The molecule has 0 aliphatic heterocycles. The molecule has 0 aliphatic rings. The fourth-order valence-electron chi connectivity index (χ4n) is 2.66. The number of fused-ring (bicyclic) bond motifs is 1. The van der Waals surface area contributed by atoms with Crippen LogP contribution in [0.3, 0.4) is 0 Å². The van der Waals surface area contributed by atoms with Crippen LogP contribution >= 0.6 is 15.9 Å². The third-order valence-corrected chi connectivity index (χ3v) is 4.56. The maximum atomic E-state index is 14.3. The van der Waals surface area contributed by atoms with Gasteiger partial charge in [-0.25, -0.2) is 14.1 Å². The van der Waals surface area contributed by atoms with Crippen molar-refractivity contribution in [3.8, 4) is 0 Å². The maximum absolute atomic E-state index is 14.3. The summed E-state index contributed by atoms with van der Waals surface area (Å²) < 4.78 is 17.9. The monoisotopic (exact) mass is 431 g/mol. The van der Waals surface area contributed by atoms with E-state index in [-0.39, 0.29) is 19.0 Å². The molecule has 0 saturated heterocycles. The Morgan fingerprint density at radius 3 is 2.93 bits per heavy atom. The minimum atomic E-state index is -0.315. The molecule has 1 aromatic carbocycles. The van der Waals surface area contributed by atoms with Crippen LogP contribution in [0.1, 0.15) is 5.56 Å². The number of nitrogens with zero attached hydrogens (tertiary/aromatic N) is 6. The van der Waals surface area contributed by atoms with E-state index in [4.69, 9.17) is 5.11 Å². The normalized spacial score (nSPS) is 11.2. The molecular formula is C17H15BrFN7O. The quantitative estimate of drug-likeness (QED) is 0.487. The van der Waals surface area contributed by atoms with E-state index >= 15 is 0 Å². The fraction of sp³-hybridized carbons (Fsp3) is 0.176. The first-order valence-electron chi connectivity index (χ1n) is 8.16. The van der Waals surface area contributed by atoms with Gasteiger partial charge >= 0.3 is 0 Å². The summed E-state index contributed by atoms with van der Waals surface area (Å²) in [5.74, 6) is 0.0624. The molecule has 0 atom stereocenters. The molecule has 0 amide bonds. The average Bonchev–Trinajstić information content (AvgIpc) is 3.26. The van der Waals surface area contributed by atoms with Gasteiger partial charge in [0.25, 0.3) is 0 Å². The lowest BCUT2D eigenvalue weighted by atomic mass is 10.2. The molecule has 0 fully saturated rings. The van der Waals surface area contributed by atoms with Crippen LogP contribution in [0.15, 0.2) is 47.5 Å². The minimum Gasteiger partial charge on any atom is -0.394 e. The summed E-state index contributed by atoms with van der Waals surface area (Å²) in [6.07, 6.45) is 6.67. The summed E-state index contributed by atoms with van der Waals surface area (Å²) in [6.45, 7) is 0.668. The largest absolute Gasteiger partial charge is 0.394 e. The molecule has 4 rings (SSSR count). The van der Waals surface area contributed by atoms with Gasteiger partial charge < -0.3 is 10.4 Å². The molecule has 0 unspecified atom stereocenters. The number of hydrogen-bond donors (Lipinski definition) is 2. The van der Waals surface area contributed by atoms with Gasteiger partial charge in [0.1, 0.15) is 5.82 Å². The summed E-state index contributed by atoms with van der Waals surface area (Å²) >= 11 is 3.20. The van der Waals surface area contributed by atoms with Gasteiger partial charge in [0.2, 0.25) is 5.95 Å². The maximum Gasteiger partial charge on any atom is 0.229 e. The van der Waals surface area contributed by atoms with E-state index in [1.54, 1.807) is 52.4 Å². The number of nitrogens with one attached hydrogen (secondary N) is 1. The highest BCUT2D eigenvalue weighted by Gasteiger charge is 2.12. The first-order valence-corrected chi connectivity index (χ1v) is 8.95. The van der Waals surface area contributed by atoms with Crippen LogP contribution in [-0.2, 0) is 13.1 Å². The molecule has 2 N–H and O–H groups in total. The van der Waals surface area contributed by atoms with E-state index < -0.39 is 0 Å². The van der Waals surface area contributed by atoms with E-state index in [0.717, 1.165) is 5.39 Å². The van der Waals surface area contributed by atoms with Gasteiger partial charge in [-0.15, -0.1) is 0 Å². The zero-order chi connectivity index (χ0) is 18.8. The smallest absolute Gasteiger partial charge is 0.229 e. The highest BCUT2D eigenvalue weighted by molar-refractivity contribution is 9.10. The van der Waals surface area contributed by atoms with Crippen LogP contribution in [-0.4, -0.2) is 41.2 Å². The van der Waals surface area contributed by atoms with Crippen LogP contribution < -0.4 is 5.32 Å². The first kappa shape index (κ1) is 17.6. The van der Waals surface area contributed by atoms with Gasteiger partial charge in [0, 0.05) is 18.0 Å². The number of hydrogen-bond acceptors (Lipinski definition) is 6. The van der Waals surface area contributed by atoms with Crippen LogP contribution in [0, 0.1) is 5.82 Å². The van der Waals surface area contributed by atoms with Crippen LogP contribution in [0.5, 0.6) is 0 Å². The summed E-state index contributed by atoms with van der Waals surface area (Å²) in [6, 6.07) is 5.14. The molecule has 3 aromatic heterocycles. The number of halogens is 2. The van der Waals surface area contributed by atoms with Crippen LogP contribution in [0.4, 0.5) is 16.0 Å². The van der Waals surface area contributed by atoms with E-state index in [9.17, 15) is 4.39 Å². The zero-order valence-corrected chi connectivity index (χ0v) is 15.6. The van der Waals surface area contributed by atoms with Crippen molar-refractivity contribution in [2.75, 3.05) is 11.9 Å². The number of anilines is 2. The van der Waals surface area contributed by atoms with E-state index in [1.165, 1.54) is 0 Å². The molecule has 0 radical (unpaired) electrons. The molecule has 10 heteroatoms. The lowest BCUT2D eigenvalue weighted by molar-refractivity contribution is 0.269. The Hall–Kier alpha value is -2.85. The van der Waals surface area contributed by atoms with Gasteiger partial charge in [0.15, 0.2) is 5.65 Å². The predicted octanol–water partition coefficient (Wildman–Crippen LogP) is 2.71. The van der Waals surface area contributed by atoms with Crippen molar-refractivity contribution < 1.29 is 9.50 Å². The van der Waals surface area contributed by atoms with Gasteiger partial charge in [-0.2, -0.15) is 15.2 Å². The summed E-state index contributed by atoms with van der Waals surface area (Å²) in [4.78, 5) is 8.76. The minimum absolute atomic E-state index is 0.00885. The Bertz CT molecular complexity index is 1090. The standard InChI is InChI=1S/C17H15BrFN7O/c18-14-3-1-2-11(15(14)19)9-26-16-12(7-22-26)6-20-17(24-16)23-13-8-21-25(10-13)4-5-27/h1-3,6-8,10,27H,4-5,9H2,(H,20,23,24). The Kier molecular flexibility index (Phi) is 4.82. The van der Waals surface area contributed by atoms with Gasteiger partial charge in [0.05, 0.1) is 47.6 Å². The number of benzene rings is 1. The highest BCUT2D eigenvalue weighted by atomic mass is 79.9. The molecule has 138 valence electrons. The van der Waals surface area contributed by atoms with Crippen molar-refractivity contribution in [2.24, 2.45) is 0 Å². The van der Waals surface area contributed by atoms with Crippen molar-refractivity contribution in [3.05, 3.63) is 58.8 Å². The van der Waals surface area contributed by atoms with Crippen molar-refractivity contribution in [3.63, 3.8) is 0 Å². The van der Waals surface area contributed by atoms with Gasteiger partial charge in [-0.1, -0.05) is 12.1 Å². The molecule has 0 spiro atoms. The second-order valence-electron chi connectivity index (χ2n) is 5.83. The predicted molar refractivity (Wildman–Crippen MR) is 101 cm³/mol.